The molecule has 0 unspecified atom stereocenters. The molecule has 0 radical (unpaired) electrons. The van der Waals surface area contributed by atoms with Gasteiger partial charge in [-0.25, -0.2) is 0 Å². The Morgan fingerprint density at radius 2 is 2.46 bits per heavy atom. The normalized spacial score (nSPS) is 15.2. The van der Waals surface area contributed by atoms with Crippen molar-refractivity contribution in [1.82, 2.24) is 10.3 Å². The maximum absolute atomic E-state index is 11.1. The zero-order valence-corrected chi connectivity index (χ0v) is 7.63. The van der Waals surface area contributed by atoms with Crippen LogP contribution in [0.3, 0.4) is 0 Å². The minimum Gasteiger partial charge on any atom is -0.312 e. The summed E-state index contributed by atoms with van der Waals surface area (Å²) in [4.78, 5) is 15.4. The predicted molar refractivity (Wildman–Crippen MR) is 49.7 cm³/mol. The van der Waals surface area contributed by atoms with Crippen molar-refractivity contribution in [3.63, 3.8) is 0 Å². The number of aromatic nitrogens is 1. The number of fused-ring (bicyclic) bond motifs is 1. The number of hydrogen-bond acceptors (Lipinski definition) is 3. The molecule has 1 aromatic heterocycles. The highest BCUT2D eigenvalue weighted by Gasteiger charge is 2.11. The van der Waals surface area contributed by atoms with Gasteiger partial charge in [0.1, 0.15) is 0 Å². The second-order valence-corrected chi connectivity index (χ2v) is 3.31. The van der Waals surface area contributed by atoms with Gasteiger partial charge in [-0.15, -0.1) is 0 Å². The number of carbonyl (C=O) groups excluding carboxylic acids is 1. The van der Waals surface area contributed by atoms with E-state index in [-0.39, 0.29) is 5.78 Å². The lowest BCUT2D eigenvalue weighted by Gasteiger charge is -2.15. The first-order valence-electron chi connectivity index (χ1n) is 4.47. The van der Waals surface area contributed by atoms with Gasteiger partial charge in [0, 0.05) is 37.0 Å². The summed E-state index contributed by atoms with van der Waals surface area (Å²) in [5.74, 6) is 0.0841. The standard InChI is InChI=1S/C10H12N2O/c1-7(13)8-4-9-5-11-3-2-10(9)12-6-8/h4,6,11H,2-3,5H2,1H3. The first-order chi connectivity index (χ1) is 6.27. The van der Waals surface area contributed by atoms with Gasteiger partial charge in [-0.05, 0) is 18.6 Å². The summed E-state index contributed by atoms with van der Waals surface area (Å²) in [5, 5.41) is 3.26. The van der Waals surface area contributed by atoms with E-state index < -0.39 is 0 Å². The summed E-state index contributed by atoms with van der Waals surface area (Å²) in [5.41, 5.74) is 3.00. The molecule has 0 saturated heterocycles. The maximum atomic E-state index is 11.1. The van der Waals surface area contributed by atoms with Crippen molar-refractivity contribution in [2.45, 2.75) is 19.9 Å². The Morgan fingerprint density at radius 3 is 3.23 bits per heavy atom. The molecule has 2 rings (SSSR count). The minimum atomic E-state index is 0.0841. The molecule has 1 aliphatic rings. The van der Waals surface area contributed by atoms with Crippen LogP contribution in [0.4, 0.5) is 0 Å². The van der Waals surface area contributed by atoms with E-state index >= 15 is 0 Å². The van der Waals surface area contributed by atoms with E-state index in [0.717, 1.165) is 25.2 Å². The zero-order chi connectivity index (χ0) is 9.26. The molecule has 1 aliphatic heterocycles. The van der Waals surface area contributed by atoms with Gasteiger partial charge in [0.15, 0.2) is 5.78 Å². The Bertz CT molecular complexity index is 347. The van der Waals surface area contributed by atoms with Crippen LogP contribution in [0, 0.1) is 0 Å². The van der Waals surface area contributed by atoms with Crippen LogP contribution in [-0.4, -0.2) is 17.3 Å². The van der Waals surface area contributed by atoms with Crippen LogP contribution < -0.4 is 5.32 Å². The largest absolute Gasteiger partial charge is 0.312 e. The number of pyridine rings is 1. The van der Waals surface area contributed by atoms with Crippen molar-refractivity contribution in [1.29, 1.82) is 0 Å². The van der Waals surface area contributed by atoms with E-state index in [4.69, 9.17) is 0 Å². The van der Waals surface area contributed by atoms with Crippen LogP contribution in [0.15, 0.2) is 12.3 Å². The molecular weight excluding hydrogens is 164 g/mol. The molecule has 0 aromatic carbocycles. The fourth-order valence-electron chi connectivity index (χ4n) is 1.54. The molecule has 68 valence electrons. The van der Waals surface area contributed by atoms with Crippen molar-refractivity contribution in [2.75, 3.05) is 6.54 Å². The summed E-state index contributed by atoms with van der Waals surface area (Å²) in [6.07, 6.45) is 2.64. The molecule has 0 aliphatic carbocycles. The molecule has 0 spiro atoms. The summed E-state index contributed by atoms with van der Waals surface area (Å²) >= 11 is 0. The van der Waals surface area contributed by atoms with Crippen molar-refractivity contribution >= 4 is 5.78 Å². The van der Waals surface area contributed by atoms with Crippen LogP contribution in [0.5, 0.6) is 0 Å². The second kappa shape index (κ2) is 3.26. The van der Waals surface area contributed by atoms with Crippen molar-refractivity contribution in [2.24, 2.45) is 0 Å². The Kier molecular flexibility index (Phi) is 2.10. The molecule has 2 heterocycles. The number of Topliss-reactive ketones (excluding diaryl/α,β-unsaturated/α-hetero) is 1. The lowest BCUT2D eigenvalue weighted by molar-refractivity contribution is 0.101. The summed E-state index contributed by atoms with van der Waals surface area (Å²) in [6, 6.07) is 1.94. The van der Waals surface area contributed by atoms with Gasteiger partial charge in [-0.1, -0.05) is 0 Å². The average Bonchev–Trinajstić information content (AvgIpc) is 2.17. The molecule has 3 nitrogen and oxygen atoms in total. The van der Waals surface area contributed by atoms with Gasteiger partial charge >= 0.3 is 0 Å². The van der Waals surface area contributed by atoms with Gasteiger partial charge < -0.3 is 5.32 Å². The van der Waals surface area contributed by atoms with Gasteiger partial charge in [-0.2, -0.15) is 0 Å². The highest BCUT2D eigenvalue weighted by atomic mass is 16.1. The molecule has 0 bridgehead atoms. The van der Waals surface area contributed by atoms with E-state index in [0.29, 0.717) is 5.56 Å². The number of hydrogen-bond donors (Lipinski definition) is 1. The van der Waals surface area contributed by atoms with E-state index in [1.54, 1.807) is 13.1 Å². The SMILES string of the molecule is CC(=O)c1cnc2c(c1)CNCC2. The smallest absolute Gasteiger partial charge is 0.161 e. The predicted octanol–water partition coefficient (Wildman–Crippen LogP) is 0.930. The summed E-state index contributed by atoms with van der Waals surface area (Å²) < 4.78 is 0. The molecule has 1 aromatic rings. The van der Waals surface area contributed by atoms with Crippen molar-refractivity contribution in [3.8, 4) is 0 Å². The fraction of sp³-hybridized carbons (Fsp3) is 0.400. The van der Waals surface area contributed by atoms with Gasteiger partial charge in [0.05, 0.1) is 0 Å². The number of rotatable bonds is 1. The number of nitrogens with one attached hydrogen (secondary N) is 1. The highest BCUT2D eigenvalue weighted by Crippen LogP contribution is 2.12. The fourth-order valence-corrected chi connectivity index (χ4v) is 1.54. The molecular formula is C10H12N2O. The van der Waals surface area contributed by atoms with Gasteiger partial charge in [0.25, 0.3) is 0 Å². The van der Waals surface area contributed by atoms with Crippen LogP contribution >= 0.6 is 0 Å². The van der Waals surface area contributed by atoms with Gasteiger partial charge in [0.2, 0.25) is 0 Å². The molecule has 13 heavy (non-hydrogen) atoms. The third-order valence-electron chi connectivity index (χ3n) is 2.32. The second-order valence-electron chi connectivity index (χ2n) is 3.31. The molecule has 0 fully saturated rings. The minimum absolute atomic E-state index is 0.0841. The monoisotopic (exact) mass is 176 g/mol. The maximum Gasteiger partial charge on any atom is 0.161 e. The first kappa shape index (κ1) is 8.38. The van der Waals surface area contributed by atoms with Gasteiger partial charge in [-0.3, -0.25) is 9.78 Å². The third kappa shape index (κ3) is 1.60. The number of ketones is 1. The Labute approximate surface area is 77.2 Å². The van der Waals surface area contributed by atoms with Crippen LogP contribution in [0.1, 0.15) is 28.5 Å². The van der Waals surface area contributed by atoms with E-state index in [1.807, 2.05) is 6.07 Å². The lowest BCUT2D eigenvalue weighted by Crippen LogP contribution is -2.24. The van der Waals surface area contributed by atoms with Crippen LogP contribution in [0.2, 0.25) is 0 Å². The number of nitrogens with zero attached hydrogens (tertiary/aromatic N) is 1. The molecule has 1 N–H and O–H groups in total. The van der Waals surface area contributed by atoms with Crippen LogP contribution in [-0.2, 0) is 13.0 Å². The summed E-state index contributed by atoms with van der Waals surface area (Å²) in [6.45, 7) is 3.39. The topological polar surface area (TPSA) is 42.0 Å². The van der Waals surface area contributed by atoms with Crippen molar-refractivity contribution < 1.29 is 4.79 Å². The molecule has 3 heteroatoms. The zero-order valence-electron chi connectivity index (χ0n) is 7.63. The van der Waals surface area contributed by atoms with E-state index in [2.05, 4.69) is 10.3 Å². The third-order valence-corrected chi connectivity index (χ3v) is 2.32. The molecule has 0 atom stereocenters. The lowest BCUT2D eigenvalue weighted by atomic mass is 10.0. The average molecular weight is 176 g/mol. The quantitative estimate of drug-likeness (QED) is 0.647. The molecule has 0 saturated carbocycles. The highest BCUT2D eigenvalue weighted by molar-refractivity contribution is 5.93. The Morgan fingerprint density at radius 1 is 1.62 bits per heavy atom. The van der Waals surface area contributed by atoms with E-state index in [1.165, 1.54) is 5.56 Å². The Balaban J connectivity index is 2.40. The van der Waals surface area contributed by atoms with E-state index in [9.17, 15) is 4.79 Å². The summed E-state index contributed by atoms with van der Waals surface area (Å²) in [7, 11) is 0. The van der Waals surface area contributed by atoms with Crippen LogP contribution in [0.25, 0.3) is 0 Å². The first-order valence-corrected chi connectivity index (χ1v) is 4.47. The number of carbonyl (C=O) groups is 1. The Hall–Kier alpha value is -1.22. The van der Waals surface area contributed by atoms with Crippen molar-refractivity contribution in [3.05, 3.63) is 29.1 Å². The molecule has 0 amide bonds.